The van der Waals surface area contributed by atoms with Gasteiger partial charge in [0.05, 0.1) is 0 Å². The third kappa shape index (κ3) is 3.61. The quantitative estimate of drug-likeness (QED) is 0.618. The number of carbonyl (C=O) groups excluding carboxylic acids is 2. The maximum absolute atomic E-state index is 12.0. The lowest BCUT2D eigenvalue weighted by molar-refractivity contribution is 0.0938. The largest absolute Gasteiger partial charge is 0.337 e. The van der Waals surface area contributed by atoms with Crippen LogP contribution in [0.1, 0.15) is 15.9 Å². The Morgan fingerprint density at radius 3 is 2.62 bits per heavy atom. The lowest BCUT2D eigenvalue weighted by Crippen LogP contribution is -2.43. The fourth-order valence-electron chi connectivity index (χ4n) is 2.08. The Hall–Kier alpha value is -3.13. The summed E-state index contributed by atoms with van der Waals surface area (Å²) >= 11 is 5.92. The molecule has 1 heterocycles. The minimum atomic E-state index is -0.603. The van der Waals surface area contributed by atoms with Crippen molar-refractivity contribution in [3.05, 3.63) is 52.5 Å². The van der Waals surface area contributed by atoms with Crippen molar-refractivity contribution in [3.8, 4) is 0 Å². The second kappa shape index (κ2) is 6.55. The Morgan fingerprint density at radius 1 is 1.04 bits per heavy atom. The maximum Gasteiger partial charge on any atom is 0.337 e. The Kier molecular flexibility index (Phi) is 4.30. The molecule has 0 radical (unpaired) electrons. The molecule has 122 valence electrons. The molecule has 0 bridgehead atoms. The molecule has 3 aromatic rings. The number of aryl methyl sites for hydroxylation is 1. The van der Waals surface area contributed by atoms with Gasteiger partial charge >= 0.3 is 6.03 Å². The van der Waals surface area contributed by atoms with Gasteiger partial charge in [-0.05, 0) is 59.2 Å². The molecular weight excluding hydrogens is 334 g/mol. The highest BCUT2D eigenvalue weighted by Crippen LogP contribution is 2.18. The Balaban J connectivity index is 1.59. The highest BCUT2D eigenvalue weighted by atomic mass is 35.5. The summed E-state index contributed by atoms with van der Waals surface area (Å²) in [6.45, 7) is 1.85. The van der Waals surface area contributed by atoms with Gasteiger partial charge in [0.1, 0.15) is 11.0 Å². The Labute approximate surface area is 141 Å². The first-order valence-electron chi connectivity index (χ1n) is 6.88. The van der Waals surface area contributed by atoms with Gasteiger partial charge in [-0.3, -0.25) is 10.2 Å². The molecule has 0 fully saturated rings. The summed E-state index contributed by atoms with van der Waals surface area (Å²) in [7, 11) is 0. The van der Waals surface area contributed by atoms with Gasteiger partial charge in [-0.2, -0.15) is 0 Å². The van der Waals surface area contributed by atoms with Crippen LogP contribution in [0.2, 0.25) is 5.02 Å². The number of amides is 3. The summed E-state index contributed by atoms with van der Waals surface area (Å²) in [5.74, 6) is -0.502. The number of rotatable bonds is 2. The Morgan fingerprint density at radius 2 is 1.83 bits per heavy atom. The van der Waals surface area contributed by atoms with Crippen LogP contribution in [0.15, 0.2) is 41.0 Å². The van der Waals surface area contributed by atoms with Gasteiger partial charge in [-0.1, -0.05) is 11.6 Å². The molecule has 0 aliphatic heterocycles. The monoisotopic (exact) mass is 345 g/mol. The number of aromatic nitrogens is 2. The first-order valence-corrected chi connectivity index (χ1v) is 7.26. The van der Waals surface area contributed by atoms with Crippen molar-refractivity contribution in [1.82, 2.24) is 21.2 Å². The van der Waals surface area contributed by atoms with Crippen LogP contribution in [0.3, 0.4) is 0 Å². The molecule has 9 heteroatoms. The number of nitrogens with zero attached hydrogens (tertiary/aromatic N) is 2. The van der Waals surface area contributed by atoms with Crippen molar-refractivity contribution in [2.75, 3.05) is 5.32 Å². The van der Waals surface area contributed by atoms with Crippen molar-refractivity contribution in [1.29, 1.82) is 0 Å². The van der Waals surface area contributed by atoms with Crippen LogP contribution in [-0.2, 0) is 0 Å². The fourth-order valence-corrected chi connectivity index (χ4v) is 2.37. The molecule has 8 nitrogen and oxygen atoms in total. The van der Waals surface area contributed by atoms with Crippen molar-refractivity contribution in [3.63, 3.8) is 0 Å². The zero-order valence-electron chi connectivity index (χ0n) is 12.5. The molecular formula is C15H12ClN5O3. The first-order chi connectivity index (χ1) is 11.5. The lowest BCUT2D eigenvalue weighted by atomic mass is 10.2. The van der Waals surface area contributed by atoms with Crippen LogP contribution in [0, 0.1) is 6.92 Å². The van der Waals surface area contributed by atoms with Gasteiger partial charge < -0.3 is 5.32 Å². The molecule has 24 heavy (non-hydrogen) atoms. The van der Waals surface area contributed by atoms with E-state index in [0.717, 1.165) is 5.56 Å². The standard InChI is InChI=1S/C15H12ClN5O3/c1-8-4-10(16)7-11(5-8)17-15(23)19-18-14(22)9-2-3-12-13(6-9)21-24-20-12/h2-7H,1H3,(H,18,22)(H2,17,19,23). The van der Waals surface area contributed by atoms with Crippen LogP contribution < -0.4 is 16.2 Å². The summed E-state index contributed by atoms with van der Waals surface area (Å²) in [6, 6.07) is 9.15. The first kappa shape index (κ1) is 15.8. The number of halogens is 1. The molecule has 3 amide bonds. The van der Waals surface area contributed by atoms with Gasteiger partial charge in [0.2, 0.25) is 0 Å². The van der Waals surface area contributed by atoms with Crippen LogP contribution in [-0.4, -0.2) is 22.3 Å². The minimum absolute atomic E-state index is 0.303. The smallest absolute Gasteiger partial charge is 0.307 e. The van der Waals surface area contributed by atoms with E-state index in [1.807, 2.05) is 6.92 Å². The number of urea groups is 1. The number of fused-ring (bicyclic) bond motifs is 1. The number of hydrazine groups is 1. The van der Waals surface area contributed by atoms with Gasteiger partial charge in [-0.15, -0.1) is 0 Å². The van der Waals surface area contributed by atoms with E-state index in [4.69, 9.17) is 11.6 Å². The van der Waals surface area contributed by atoms with Crippen LogP contribution in [0.5, 0.6) is 0 Å². The summed E-state index contributed by atoms with van der Waals surface area (Å²) in [4.78, 5) is 23.8. The molecule has 0 atom stereocenters. The van der Waals surface area contributed by atoms with Gasteiger partial charge in [-0.25, -0.2) is 14.8 Å². The predicted octanol–water partition coefficient (Wildman–Crippen LogP) is 2.65. The number of nitrogens with one attached hydrogen (secondary N) is 3. The average molecular weight is 346 g/mol. The van der Waals surface area contributed by atoms with Gasteiger partial charge in [0.15, 0.2) is 0 Å². The van der Waals surface area contributed by atoms with E-state index in [-0.39, 0.29) is 0 Å². The second-order valence-electron chi connectivity index (χ2n) is 5.02. The maximum atomic E-state index is 12.0. The molecule has 0 aliphatic carbocycles. The number of hydrogen-bond donors (Lipinski definition) is 3. The van der Waals surface area contributed by atoms with E-state index in [2.05, 4.69) is 31.1 Å². The van der Waals surface area contributed by atoms with E-state index < -0.39 is 11.9 Å². The lowest BCUT2D eigenvalue weighted by Gasteiger charge is -2.10. The third-order valence-electron chi connectivity index (χ3n) is 3.11. The molecule has 0 aliphatic rings. The molecule has 0 saturated heterocycles. The second-order valence-corrected chi connectivity index (χ2v) is 5.45. The topological polar surface area (TPSA) is 109 Å². The average Bonchev–Trinajstić information content (AvgIpc) is 2.99. The van der Waals surface area contributed by atoms with Gasteiger partial charge in [0.25, 0.3) is 5.91 Å². The number of benzene rings is 2. The minimum Gasteiger partial charge on any atom is -0.307 e. The molecule has 2 aromatic carbocycles. The SMILES string of the molecule is Cc1cc(Cl)cc(NC(=O)NNC(=O)c2ccc3nonc3c2)c1. The summed E-state index contributed by atoms with van der Waals surface area (Å²) in [5.41, 5.74) is 7.25. The molecule has 0 spiro atoms. The number of carbonyl (C=O) groups is 2. The zero-order valence-corrected chi connectivity index (χ0v) is 13.2. The predicted molar refractivity (Wildman–Crippen MR) is 87.6 cm³/mol. The van der Waals surface area contributed by atoms with Crippen molar-refractivity contribution < 1.29 is 14.2 Å². The molecule has 3 N–H and O–H groups in total. The Bertz CT molecular complexity index is 904. The van der Waals surface area contributed by atoms with E-state index in [1.54, 1.807) is 30.3 Å². The van der Waals surface area contributed by atoms with E-state index in [9.17, 15) is 9.59 Å². The number of anilines is 1. The van der Waals surface area contributed by atoms with Gasteiger partial charge in [0, 0.05) is 16.3 Å². The molecule has 0 unspecified atom stereocenters. The van der Waals surface area contributed by atoms with Crippen LogP contribution in [0.25, 0.3) is 11.0 Å². The molecule has 1 aromatic heterocycles. The van der Waals surface area contributed by atoms with Crippen LogP contribution in [0.4, 0.5) is 10.5 Å². The van der Waals surface area contributed by atoms with E-state index >= 15 is 0 Å². The highest BCUT2D eigenvalue weighted by Gasteiger charge is 2.10. The summed E-state index contributed by atoms with van der Waals surface area (Å²) < 4.78 is 4.56. The van der Waals surface area contributed by atoms with E-state index in [1.165, 1.54) is 6.07 Å². The van der Waals surface area contributed by atoms with Crippen molar-refractivity contribution in [2.24, 2.45) is 0 Å². The van der Waals surface area contributed by atoms with Crippen LogP contribution >= 0.6 is 11.6 Å². The van der Waals surface area contributed by atoms with Crippen molar-refractivity contribution in [2.45, 2.75) is 6.92 Å². The summed E-state index contributed by atoms with van der Waals surface area (Å²) in [5, 5.41) is 10.4. The molecule has 3 rings (SSSR count). The zero-order chi connectivity index (χ0) is 17.1. The van der Waals surface area contributed by atoms with E-state index in [0.29, 0.717) is 27.3 Å². The van der Waals surface area contributed by atoms with Crippen molar-refractivity contribution >= 4 is 40.3 Å². The third-order valence-corrected chi connectivity index (χ3v) is 3.32. The highest BCUT2D eigenvalue weighted by molar-refractivity contribution is 6.31. The number of hydrogen-bond acceptors (Lipinski definition) is 5. The fraction of sp³-hybridized carbons (Fsp3) is 0.0667. The normalized spacial score (nSPS) is 10.4. The summed E-state index contributed by atoms with van der Waals surface area (Å²) in [6.07, 6.45) is 0. The molecule has 0 saturated carbocycles.